The molecule has 1 saturated heterocycles. The first kappa shape index (κ1) is 21.3. The Morgan fingerprint density at radius 1 is 1.28 bits per heavy atom. The Kier molecular flexibility index (Phi) is 7.28. The second-order valence-corrected chi connectivity index (χ2v) is 7.85. The largest absolute Gasteiger partial charge is 0.396 e. The van der Waals surface area contributed by atoms with E-state index in [0.717, 1.165) is 49.9 Å². The van der Waals surface area contributed by atoms with Crippen LogP contribution in [0.5, 0.6) is 0 Å². The Morgan fingerprint density at radius 3 is 2.72 bits per heavy atom. The molecule has 7 nitrogen and oxygen atoms in total. The van der Waals surface area contributed by atoms with Gasteiger partial charge in [-0.3, -0.25) is 9.67 Å². The summed E-state index contributed by atoms with van der Waals surface area (Å²) in [6, 6.07) is 10.4. The molecule has 0 aliphatic carbocycles. The summed E-state index contributed by atoms with van der Waals surface area (Å²) in [6.45, 7) is 7.94. The maximum atomic E-state index is 9.40. The van der Waals surface area contributed by atoms with Gasteiger partial charge >= 0.3 is 0 Å². The lowest BCUT2D eigenvalue weighted by Gasteiger charge is -2.27. The highest BCUT2D eigenvalue weighted by atomic mass is 16.5. The number of hydrogen-bond donors (Lipinski definition) is 3. The van der Waals surface area contributed by atoms with Gasteiger partial charge in [-0.1, -0.05) is 30.3 Å². The van der Waals surface area contributed by atoms with Gasteiger partial charge < -0.3 is 20.5 Å². The number of nitrogens with zero attached hydrogens (tertiary/aromatic N) is 3. The molecule has 1 aromatic heterocycles. The van der Waals surface area contributed by atoms with Crippen molar-refractivity contribution >= 4 is 5.96 Å². The molecule has 1 aromatic carbocycles. The molecule has 1 aliphatic rings. The number of aromatic nitrogens is 2. The van der Waals surface area contributed by atoms with E-state index in [-0.39, 0.29) is 12.0 Å². The first-order valence-electron chi connectivity index (χ1n) is 10.3. The number of nitrogens with one attached hydrogen (secondary N) is 2. The number of hydrogen-bond acceptors (Lipinski definition) is 4. The molecule has 0 spiro atoms. The summed E-state index contributed by atoms with van der Waals surface area (Å²) in [4.78, 5) is 4.35. The average Bonchev–Trinajstić information content (AvgIpc) is 3.29. The van der Waals surface area contributed by atoms with Crippen molar-refractivity contribution in [3.8, 4) is 0 Å². The summed E-state index contributed by atoms with van der Waals surface area (Å²) in [6.07, 6.45) is 1.70. The predicted molar refractivity (Wildman–Crippen MR) is 115 cm³/mol. The van der Waals surface area contributed by atoms with Crippen LogP contribution >= 0.6 is 0 Å². The van der Waals surface area contributed by atoms with E-state index >= 15 is 0 Å². The molecule has 0 bridgehead atoms. The zero-order valence-electron chi connectivity index (χ0n) is 17.7. The van der Waals surface area contributed by atoms with Gasteiger partial charge in [0, 0.05) is 50.0 Å². The van der Waals surface area contributed by atoms with Gasteiger partial charge in [-0.15, -0.1) is 0 Å². The van der Waals surface area contributed by atoms with Crippen LogP contribution < -0.4 is 10.6 Å². The molecule has 1 unspecified atom stereocenters. The Morgan fingerprint density at radius 2 is 2.07 bits per heavy atom. The van der Waals surface area contributed by atoms with Gasteiger partial charge in [0.05, 0.1) is 18.8 Å². The number of guanidine groups is 1. The summed E-state index contributed by atoms with van der Waals surface area (Å²) < 4.78 is 7.63. The zero-order chi connectivity index (χ0) is 20.7. The quantitative estimate of drug-likeness (QED) is 0.467. The molecule has 1 atom stereocenters. The maximum absolute atomic E-state index is 9.40. The highest BCUT2D eigenvalue weighted by molar-refractivity contribution is 5.79. The van der Waals surface area contributed by atoms with Crippen LogP contribution in [0, 0.1) is 19.3 Å². The van der Waals surface area contributed by atoms with E-state index in [0.29, 0.717) is 13.2 Å². The third kappa shape index (κ3) is 5.36. The number of aliphatic hydroxyl groups is 1. The van der Waals surface area contributed by atoms with E-state index in [2.05, 4.69) is 51.5 Å². The zero-order valence-corrected chi connectivity index (χ0v) is 17.7. The minimum Gasteiger partial charge on any atom is -0.396 e. The molecule has 0 radical (unpaired) electrons. The number of ether oxygens (including phenoxy) is 1. The third-order valence-corrected chi connectivity index (χ3v) is 5.82. The smallest absolute Gasteiger partial charge is 0.191 e. The third-order valence-electron chi connectivity index (χ3n) is 5.82. The van der Waals surface area contributed by atoms with Gasteiger partial charge in [0.25, 0.3) is 0 Å². The van der Waals surface area contributed by atoms with E-state index in [9.17, 15) is 5.11 Å². The van der Waals surface area contributed by atoms with Crippen molar-refractivity contribution in [3.05, 3.63) is 52.8 Å². The van der Waals surface area contributed by atoms with Gasteiger partial charge in [0.2, 0.25) is 0 Å². The van der Waals surface area contributed by atoms with Crippen molar-refractivity contribution in [3.63, 3.8) is 0 Å². The fourth-order valence-electron chi connectivity index (χ4n) is 3.88. The topological polar surface area (TPSA) is 83.7 Å². The van der Waals surface area contributed by atoms with Crippen molar-refractivity contribution in [2.24, 2.45) is 10.4 Å². The minimum atomic E-state index is -0.0151. The van der Waals surface area contributed by atoms with Crippen molar-refractivity contribution in [1.82, 2.24) is 20.4 Å². The molecule has 2 aromatic rings. The number of aryl methyl sites for hydroxylation is 1. The second kappa shape index (κ2) is 9.89. The molecule has 2 heterocycles. The predicted octanol–water partition coefficient (Wildman–Crippen LogP) is 2.00. The standard InChI is InChI=1S/C22H33N5O2/c1-17-20(18(2)27(26-17)14-19-7-5-4-6-8-19)13-24-21(23-3)25-15-22(9-11-28)10-12-29-16-22/h4-8,28H,9-16H2,1-3H3,(H2,23,24,25). The number of aliphatic imine (C=N–C) groups is 1. The van der Waals surface area contributed by atoms with Crippen LogP contribution in [-0.2, 0) is 17.8 Å². The van der Waals surface area contributed by atoms with E-state index in [1.165, 1.54) is 11.1 Å². The Balaban J connectivity index is 1.59. The monoisotopic (exact) mass is 399 g/mol. The molecule has 0 saturated carbocycles. The van der Waals surface area contributed by atoms with Crippen molar-refractivity contribution in [2.75, 3.05) is 33.4 Å². The summed E-state index contributed by atoms with van der Waals surface area (Å²) >= 11 is 0. The second-order valence-electron chi connectivity index (χ2n) is 7.85. The molecular formula is C22H33N5O2. The SMILES string of the molecule is CN=C(NCc1c(C)nn(Cc2ccccc2)c1C)NCC1(CCO)CCOC1. The molecule has 3 rings (SSSR count). The molecule has 7 heteroatoms. The van der Waals surface area contributed by atoms with Crippen LogP contribution in [0.4, 0.5) is 0 Å². The van der Waals surface area contributed by atoms with E-state index in [1.807, 2.05) is 13.0 Å². The molecule has 3 N–H and O–H groups in total. The van der Waals surface area contributed by atoms with Crippen LogP contribution in [0.3, 0.4) is 0 Å². The highest BCUT2D eigenvalue weighted by Gasteiger charge is 2.34. The number of benzene rings is 1. The highest BCUT2D eigenvalue weighted by Crippen LogP contribution is 2.31. The van der Waals surface area contributed by atoms with Gasteiger partial charge in [-0.25, -0.2) is 0 Å². The first-order valence-corrected chi connectivity index (χ1v) is 10.3. The minimum absolute atomic E-state index is 0.0151. The van der Waals surface area contributed by atoms with Crippen molar-refractivity contribution in [2.45, 2.75) is 39.8 Å². The van der Waals surface area contributed by atoms with Gasteiger partial charge in [-0.2, -0.15) is 5.10 Å². The summed E-state index contributed by atoms with van der Waals surface area (Å²) in [5, 5.41) is 20.9. The fraction of sp³-hybridized carbons (Fsp3) is 0.545. The van der Waals surface area contributed by atoms with E-state index in [4.69, 9.17) is 9.84 Å². The van der Waals surface area contributed by atoms with E-state index < -0.39 is 0 Å². The van der Waals surface area contributed by atoms with Crippen LogP contribution in [0.1, 0.15) is 35.4 Å². The van der Waals surface area contributed by atoms with Gasteiger partial charge in [0.1, 0.15) is 0 Å². The Hall–Kier alpha value is -2.38. The Bertz CT molecular complexity index is 810. The summed E-state index contributed by atoms with van der Waals surface area (Å²) in [5.41, 5.74) is 4.61. The average molecular weight is 400 g/mol. The summed E-state index contributed by atoms with van der Waals surface area (Å²) in [7, 11) is 1.78. The first-order chi connectivity index (χ1) is 14.1. The molecule has 0 amide bonds. The lowest BCUT2D eigenvalue weighted by Crippen LogP contribution is -2.44. The normalized spacial score (nSPS) is 19.5. The van der Waals surface area contributed by atoms with Gasteiger partial charge in [0.15, 0.2) is 5.96 Å². The molecule has 158 valence electrons. The lowest BCUT2D eigenvalue weighted by atomic mass is 9.84. The lowest BCUT2D eigenvalue weighted by molar-refractivity contribution is 0.127. The van der Waals surface area contributed by atoms with Crippen LogP contribution in [0.2, 0.25) is 0 Å². The van der Waals surface area contributed by atoms with Crippen molar-refractivity contribution in [1.29, 1.82) is 0 Å². The van der Waals surface area contributed by atoms with Gasteiger partial charge in [-0.05, 0) is 32.3 Å². The Labute approximate surface area is 173 Å². The maximum Gasteiger partial charge on any atom is 0.191 e. The number of aliphatic hydroxyl groups excluding tert-OH is 1. The molecule has 29 heavy (non-hydrogen) atoms. The van der Waals surface area contributed by atoms with Crippen LogP contribution in [0.25, 0.3) is 0 Å². The molecule has 1 aliphatic heterocycles. The molecule has 1 fully saturated rings. The molecular weight excluding hydrogens is 366 g/mol. The summed E-state index contributed by atoms with van der Waals surface area (Å²) in [5.74, 6) is 0.754. The fourth-order valence-corrected chi connectivity index (χ4v) is 3.88. The van der Waals surface area contributed by atoms with E-state index in [1.54, 1.807) is 7.05 Å². The van der Waals surface area contributed by atoms with Crippen molar-refractivity contribution < 1.29 is 9.84 Å². The number of rotatable bonds is 8. The van der Waals surface area contributed by atoms with Crippen LogP contribution in [0.15, 0.2) is 35.3 Å². The van der Waals surface area contributed by atoms with Crippen LogP contribution in [-0.4, -0.2) is 54.3 Å².